The number of hydrogen-bond donors (Lipinski definition) is 2. The zero-order chi connectivity index (χ0) is 21.3. The quantitative estimate of drug-likeness (QED) is 0.562. The maximum Gasteiger partial charge on any atom is 0.262 e. The first-order chi connectivity index (χ1) is 14.6. The smallest absolute Gasteiger partial charge is 0.262 e. The lowest BCUT2D eigenvalue weighted by Gasteiger charge is -2.12. The average molecular weight is 410 g/mol. The highest BCUT2D eigenvalue weighted by molar-refractivity contribution is 6.04. The second kappa shape index (κ2) is 10.0. The molecular weight excluding hydrogens is 388 g/mol. The van der Waals surface area contributed by atoms with E-state index in [0.29, 0.717) is 34.3 Å². The van der Waals surface area contributed by atoms with Gasteiger partial charge in [-0.05, 0) is 24.3 Å². The van der Waals surface area contributed by atoms with Gasteiger partial charge in [-0.15, -0.1) is 0 Å². The molecule has 0 saturated heterocycles. The number of nitrogens with one attached hydrogen (secondary N) is 2. The van der Waals surface area contributed by atoms with Gasteiger partial charge in [0.1, 0.15) is 23.0 Å². The van der Waals surface area contributed by atoms with Gasteiger partial charge in [-0.2, -0.15) is 0 Å². The molecule has 0 fully saturated rings. The molecule has 1 aromatic heterocycles. The molecule has 3 rings (SSSR count). The normalized spacial score (nSPS) is 10.2. The van der Waals surface area contributed by atoms with E-state index in [1.807, 2.05) is 0 Å². The Labute approximate surface area is 173 Å². The van der Waals surface area contributed by atoms with Crippen molar-refractivity contribution >= 4 is 17.5 Å². The standard InChI is InChI=1S/C22H22N2O6/c1-27-16-10-17(28-2)12-18(11-16)30-14-21(25)24-20-8-4-3-7-19(20)22(26)23-13-15-6-5-9-29-15/h3-12H,13-14H2,1-2H3,(H,23,26)(H,24,25). The van der Waals surface area contributed by atoms with Gasteiger partial charge in [-0.3, -0.25) is 9.59 Å². The van der Waals surface area contributed by atoms with Gasteiger partial charge in [0.15, 0.2) is 6.61 Å². The maximum absolute atomic E-state index is 12.5. The van der Waals surface area contributed by atoms with Crippen LogP contribution in [0.3, 0.4) is 0 Å². The Kier molecular flexibility index (Phi) is 6.94. The molecule has 0 aliphatic carbocycles. The van der Waals surface area contributed by atoms with E-state index < -0.39 is 5.91 Å². The monoisotopic (exact) mass is 410 g/mol. The number of rotatable bonds is 9. The number of benzene rings is 2. The van der Waals surface area contributed by atoms with Crippen LogP contribution < -0.4 is 24.8 Å². The highest BCUT2D eigenvalue weighted by Gasteiger charge is 2.14. The van der Waals surface area contributed by atoms with Gasteiger partial charge >= 0.3 is 0 Å². The van der Waals surface area contributed by atoms with E-state index in [1.165, 1.54) is 20.5 Å². The highest BCUT2D eigenvalue weighted by atomic mass is 16.5. The van der Waals surface area contributed by atoms with Gasteiger partial charge in [0.25, 0.3) is 11.8 Å². The highest BCUT2D eigenvalue weighted by Crippen LogP contribution is 2.27. The summed E-state index contributed by atoms with van der Waals surface area (Å²) in [5.74, 6) is 1.40. The number of methoxy groups -OCH3 is 2. The molecule has 30 heavy (non-hydrogen) atoms. The molecule has 0 radical (unpaired) electrons. The van der Waals surface area contributed by atoms with Crippen molar-refractivity contribution in [3.05, 3.63) is 72.2 Å². The summed E-state index contributed by atoms with van der Waals surface area (Å²) in [5.41, 5.74) is 0.715. The summed E-state index contributed by atoms with van der Waals surface area (Å²) in [7, 11) is 3.05. The van der Waals surface area contributed by atoms with Crippen LogP contribution in [-0.2, 0) is 11.3 Å². The Hall–Kier alpha value is -3.94. The van der Waals surface area contributed by atoms with Gasteiger partial charge < -0.3 is 29.3 Å². The Bertz CT molecular complexity index is 978. The molecule has 8 nitrogen and oxygen atoms in total. The van der Waals surface area contributed by atoms with Crippen molar-refractivity contribution in [3.8, 4) is 17.2 Å². The summed E-state index contributed by atoms with van der Waals surface area (Å²) in [6.45, 7) is -0.00638. The van der Waals surface area contributed by atoms with Gasteiger partial charge in [0.05, 0.1) is 38.3 Å². The second-order valence-electron chi connectivity index (χ2n) is 6.19. The SMILES string of the molecule is COc1cc(OC)cc(OCC(=O)Nc2ccccc2C(=O)NCc2ccco2)c1. The lowest BCUT2D eigenvalue weighted by molar-refractivity contribution is -0.118. The van der Waals surface area contributed by atoms with Crippen molar-refractivity contribution in [2.45, 2.75) is 6.54 Å². The number of carbonyl (C=O) groups excluding carboxylic acids is 2. The van der Waals surface area contributed by atoms with E-state index in [4.69, 9.17) is 18.6 Å². The minimum Gasteiger partial charge on any atom is -0.496 e. The van der Waals surface area contributed by atoms with Crippen molar-refractivity contribution in [1.29, 1.82) is 0 Å². The van der Waals surface area contributed by atoms with E-state index in [2.05, 4.69) is 10.6 Å². The van der Waals surface area contributed by atoms with E-state index >= 15 is 0 Å². The third-order valence-electron chi connectivity index (χ3n) is 4.14. The fourth-order valence-corrected chi connectivity index (χ4v) is 2.67. The molecule has 2 amide bonds. The number of hydrogen-bond acceptors (Lipinski definition) is 6. The first-order valence-electron chi connectivity index (χ1n) is 9.14. The van der Waals surface area contributed by atoms with Crippen molar-refractivity contribution in [2.75, 3.05) is 26.1 Å². The molecule has 156 valence electrons. The molecule has 1 heterocycles. The van der Waals surface area contributed by atoms with E-state index in [1.54, 1.807) is 54.6 Å². The Morgan fingerprint density at radius 2 is 1.63 bits per heavy atom. The molecule has 0 atom stereocenters. The minimum atomic E-state index is -0.414. The molecule has 3 aromatic rings. The summed E-state index contributed by atoms with van der Waals surface area (Å²) in [6.07, 6.45) is 1.54. The molecule has 2 aromatic carbocycles. The van der Waals surface area contributed by atoms with Crippen molar-refractivity contribution in [3.63, 3.8) is 0 Å². The Morgan fingerprint density at radius 3 is 2.30 bits per heavy atom. The lowest BCUT2D eigenvalue weighted by atomic mass is 10.1. The van der Waals surface area contributed by atoms with Crippen LogP contribution in [-0.4, -0.2) is 32.6 Å². The Morgan fingerprint density at radius 1 is 0.933 bits per heavy atom. The molecule has 0 spiro atoms. The summed E-state index contributed by atoms with van der Waals surface area (Å²) in [5, 5.41) is 5.46. The predicted molar refractivity (Wildman–Crippen MR) is 110 cm³/mol. The molecule has 0 saturated carbocycles. The molecule has 0 aliphatic heterocycles. The van der Waals surface area contributed by atoms with Gasteiger partial charge in [0, 0.05) is 18.2 Å². The summed E-state index contributed by atoms with van der Waals surface area (Å²) < 4.78 is 21.1. The summed E-state index contributed by atoms with van der Waals surface area (Å²) in [6, 6.07) is 15.2. The lowest BCUT2D eigenvalue weighted by Crippen LogP contribution is -2.26. The topological polar surface area (TPSA) is 99.0 Å². The first kappa shape index (κ1) is 20.8. The number of amides is 2. The average Bonchev–Trinajstić information content (AvgIpc) is 3.30. The van der Waals surface area contributed by atoms with Crippen molar-refractivity contribution < 1.29 is 28.2 Å². The molecule has 8 heteroatoms. The predicted octanol–water partition coefficient (Wildman–Crippen LogP) is 3.24. The maximum atomic E-state index is 12.5. The van der Waals surface area contributed by atoms with Crippen LogP contribution in [0.5, 0.6) is 17.2 Å². The first-order valence-corrected chi connectivity index (χ1v) is 9.14. The van der Waals surface area contributed by atoms with Crippen LogP contribution in [0.4, 0.5) is 5.69 Å². The zero-order valence-corrected chi connectivity index (χ0v) is 16.6. The fraction of sp³-hybridized carbons (Fsp3) is 0.182. The van der Waals surface area contributed by atoms with E-state index in [-0.39, 0.29) is 19.1 Å². The Balaban J connectivity index is 1.61. The van der Waals surface area contributed by atoms with Crippen LogP contribution in [0.15, 0.2) is 65.3 Å². The number of ether oxygens (including phenoxy) is 3. The van der Waals surface area contributed by atoms with Gasteiger partial charge in [-0.1, -0.05) is 12.1 Å². The zero-order valence-electron chi connectivity index (χ0n) is 16.6. The van der Waals surface area contributed by atoms with Crippen LogP contribution in [0.25, 0.3) is 0 Å². The largest absolute Gasteiger partial charge is 0.496 e. The fourth-order valence-electron chi connectivity index (χ4n) is 2.67. The van der Waals surface area contributed by atoms with Crippen LogP contribution in [0.2, 0.25) is 0 Å². The number of anilines is 1. The number of para-hydroxylation sites is 1. The molecule has 0 unspecified atom stereocenters. The van der Waals surface area contributed by atoms with Crippen molar-refractivity contribution in [1.82, 2.24) is 5.32 Å². The van der Waals surface area contributed by atoms with Crippen LogP contribution in [0, 0.1) is 0 Å². The van der Waals surface area contributed by atoms with Crippen molar-refractivity contribution in [2.24, 2.45) is 0 Å². The summed E-state index contributed by atoms with van der Waals surface area (Å²) in [4.78, 5) is 24.9. The molecule has 0 bridgehead atoms. The molecular formula is C22H22N2O6. The summed E-state index contributed by atoms with van der Waals surface area (Å²) >= 11 is 0. The molecule has 0 aliphatic rings. The van der Waals surface area contributed by atoms with Gasteiger partial charge in [-0.25, -0.2) is 0 Å². The van der Waals surface area contributed by atoms with Gasteiger partial charge in [0.2, 0.25) is 0 Å². The van der Waals surface area contributed by atoms with Crippen LogP contribution >= 0.6 is 0 Å². The van der Waals surface area contributed by atoms with E-state index in [9.17, 15) is 9.59 Å². The third-order valence-corrected chi connectivity index (χ3v) is 4.14. The van der Waals surface area contributed by atoms with E-state index in [0.717, 1.165) is 0 Å². The molecule has 2 N–H and O–H groups in total. The third kappa shape index (κ3) is 5.54. The number of furan rings is 1. The minimum absolute atomic E-state index is 0.245. The number of carbonyl (C=O) groups is 2. The van der Waals surface area contributed by atoms with Crippen LogP contribution in [0.1, 0.15) is 16.1 Å². The second-order valence-corrected chi connectivity index (χ2v) is 6.19.